The average Bonchev–Trinajstić information content (AvgIpc) is 2.96. The number of aromatic nitrogens is 2. The minimum atomic E-state index is -0.269. The van der Waals surface area contributed by atoms with Gasteiger partial charge in [0.1, 0.15) is 0 Å². The van der Waals surface area contributed by atoms with Gasteiger partial charge in [-0.25, -0.2) is 9.48 Å². The molecule has 0 bridgehead atoms. The molecule has 2 amide bonds. The maximum absolute atomic E-state index is 13.2. The van der Waals surface area contributed by atoms with E-state index in [1.165, 1.54) is 12.1 Å². The monoisotopic (exact) mass is 410 g/mol. The van der Waals surface area contributed by atoms with Crippen molar-refractivity contribution in [1.29, 1.82) is 0 Å². The fourth-order valence-corrected chi connectivity index (χ4v) is 4.42. The lowest BCUT2D eigenvalue weighted by molar-refractivity contribution is 0.0855. The molecule has 4 rings (SSSR count). The number of carbonyl (C=O) groups is 2. The first-order chi connectivity index (χ1) is 14.7. The number of piperidine rings is 1. The van der Waals surface area contributed by atoms with Crippen molar-refractivity contribution in [1.82, 2.24) is 20.0 Å². The second kappa shape index (κ2) is 9.32. The molecular weight excluding hydrogens is 380 g/mol. The fourth-order valence-electron chi connectivity index (χ4n) is 4.42. The molecule has 2 aliphatic rings. The number of likely N-dealkylation sites (tertiary alicyclic amines) is 1. The van der Waals surface area contributed by atoms with Gasteiger partial charge in [-0.05, 0) is 57.6 Å². The van der Waals surface area contributed by atoms with Crippen molar-refractivity contribution in [3.8, 4) is 5.69 Å². The third-order valence-electron chi connectivity index (χ3n) is 6.00. The third kappa shape index (κ3) is 4.35. The van der Waals surface area contributed by atoms with E-state index in [9.17, 15) is 9.59 Å². The summed E-state index contributed by atoms with van der Waals surface area (Å²) in [5.74, 6) is -0.0996. The van der Waals surface area contributed by atoms with Gasteiger partial charge in [0.05, 0.1) is 12.3 Å². The van der Waals surface area contributed by atoms with Gasteiger partial charge in [-0.2, -0.15) is 5.10 Å². The second-order valence-corrected chi connectivity index (χ2v) is 8.02. The number of rotatable bonds is 4. The Morgan fingerprint density at radius 2 is 1.83 bits per heavy atom. The molecule has 1 aromatic carbocycles. The lowest BCUT2D eigenvalue weighted by Crippen LogP contribution is -2.46. The van der Waals surface area contributed by atoms with E-state index in [1.54, 1.807) is 4.90 Å². The maximum atomic E-state index is 13.2. The first-order valence-corrected chi connectivity index (χ1v) is 11.1. The molecule has 0 atom stereocenters. The highest BCUT2D eigenvalue weighted by molar-refractivity contribution is 5.94. The van der Waals surface area contributed by atoms with Crippen LogP contribution in [0.25, 0.3) is 5.69 Å². The molecule has 1 aliphatic carbocycles. The van der Waals surface area contributed by atoms with Crippen LogP contribution >= 0.6 is 0 Å². The molecule has 0 spiro atoms. The summed E-state index contributed by atoms with van der Waals surface area (Å²) >= 11 is 0. The molecule has 1 saturated heterocycles. The Morgan fingerprint density at radius 3 is 2.57 bits per heavy atom. The number of ether oxygens (including phenoxy) is 1. The topological polar surface area (TPSA) is 76.5 Å². The average molecular weight is 411 g/mol. The van der Waals surface area contributed by atoms with Crippen LogP contribution in [0.15, 0.2) is 30.3 Å². The van der Waals surface area contributed by atoms with Crippen LogP contribution in [0, 0.1) is 0 Å². The van der Waals surface area contributed by atoms with Crippen molar-refractivity contribution in [3.05, 3.63) is 47.3 Å². The predicted molar refractivity (Wildman–Crippen MR) is 114 cm³/mol. The summed E-state index contributed by atoms with van der Waals surface area (Å²) in [6.45, 7) is 3.38. The van der Waals surface area contributed by atoms with E-state index >= 15 is 0 Å². The van der Waals surface area contributed by atoms with Gasteiger partial charge in [-0.15, -0.1) is 0 Å². The van der Waals surface area contributed by atoms with Gasteiger partial charge in [0, 0.05) is 30.4 Å². The molecule has 1 aliphatic heterocycles. The molecule has 2 heterocycles. The predicted octanol–water partition coefficient (Wildman–Crippen LogP) is 3.49. The van der Waals surface area contributed by atoms with E-state index in [4.69, 9.17) is 9.84 Å². The van der Waals surface area contributed by atoms with E-state index in [0.717, 1.165) is 49.8 Å². The van der Waals surface area contributed by atoms with Gasteiger partial charge >= 0.3 is 6.09 Å². The van der Waals surface area contributed by atoms with E-state index in [1.807, 2.05) is 41.9 Å². The zero-order valence-corrected chi connectivity index (χ0v) is 17.6. The van der Waals surface area contributed by atoms with Crippen LogP contribution in [0.4, 0.5) is 4.79 Å². The molecule has 2 aromatic rings. The Kier molecular flexibility index (Phi) is 6.35. The number of hydrogen-bond donors (Lipinski definition) is 1. The van der Waals surface area contributed by atoms with E-state index in [-0.39, 0.29) is 18.0 Å². The highest BCUT2D eigenvalue weighted by atomic mass is 16.6. The number of nitrogens with zero attached hydrogens (tertiary/aromatic N) is 3. The minimum absolute atomic E-state index is 0.0477. The quantitative estimate of drug-likeness (QED) is 0.783. The van der Waals surface area contributed by atoms with Gasteiger partial charge in [-0.1, -0.05) is 24.6 Å². The molecule has 160 valence electrons. The van der Waals surface area contributed by atoms with Crippen LogP contribution in [0.5, 0.6) is 0 Å². The molecule has 1 N–H and O–H groups in total. The molecule has 0 radical (unpaired) electrons. The van der Waals surface area contributed by atoms with Gasteiger partial charge in [0.15, 0.2) is 5.69 Å². The molecule has 30 heavy (non-hydrogen) atoms. The zero-order chi connectivity index (χ0) is 20.9. The summed E-state index contributed by atoms with van der Waals surface area (Å²) in [6, 6.07) is 10.1. The molecule has 7 nitrogen and oxygen atoms in total. The Hall–Kier alpha value is -2.83. The van der Waals surface area contributed by atoms with Crippen LogP contribution < -0.4 is 5.32 Å². The van der Waals surface area contributed by atoms with Crippen LogP contribution in [-0.2, 0) is 17.6 Å². The Morgan fingerprint density at radius 1 is 1.10 bits per heavy atom. The van der Waals surface area contributed by atoms with Gasteiger partial charge in [0.2, 0.25) is 0 Å². The number of para-hydroxylation sites is 1. The molecule has 0 saturated carbocycles. The highest BCUT2D eigenvalue weighted by Crippen LogP contribution is 2.26. The largest absolute Gasteiger partial charge is 0.450 e. The Bertz CT molecular complexity index is 885. The molecule has 1 fully saturated rings. The van der Waals surface area contributed by atoms with Crippen molar-refractivity contribution in [2.45, 2.75) is 57.9 Å². The van der Waals surface area contributed by atoms with Crippen LogP contribution in [0.2, 0.25) is 0 Å². The summed E-state index contributed by atoms with van der Waals surface area (Å²) in [5.41, 5.74) is 3.82. The van der Waals surface area contributed by atoms with Crippen molar-refractivity contribution < 1.29 is 14.3 Å². The molecular formula is C23H30N4O3. The summed E-state index contributed by atoms with van der Waals surface area (Å²) in [4.78, 5) is 26.8. The summed E-state index contributed by atoms with van der Waals surface area (Å²) in [6.07, 6.45) is 6.42. The standard InChI is InChI=1S/C23H30N4O3/c1-2-30-23(29)26-15-13-17(14-16-26)24-22(28)21-19-11-7-4-8-12-20(19)27(25-21)18-9-5-3-6-10-18/h3,5-6,9-10,17H,2,4,7-8,11-16H2,1H3,(H,24,28). The number of nitrogens with one attached hydrogen (secondary N) is 1. The van der Waals surface area contributed by atoms with Gasteiger partial charge in [-0.3, -0.25) is 4.79 Å². The van der Waals surface area contributed by atoms with E-state index in [0.29, 0.717) is 25.4 Å². The molecule has 7 heteroatoms. The smallest absolute Gasteiger partial charge is 0.409 e. The van der Waals surface area contributed by atoms with Gasteiger partial charge in [0.25, 0.3) is 5.91 Å². The number of carbonyl (C=O) groups excluding carboxylic acids is 2. The summed E-state index contributed by atoms with van der Waals surface area (Å²) in [5, 5.41) is 7.93. The first-order valence-electron chi connectivity index (χ1n) is 11.1. The van der Waals surface area contributed by atoms with Crippen LogP contribution in [0.3, 0.4) is 0 Å². The van der Waals surface area contributed by atoms with Crippen molar-refractivity contribution in [2.24, 2.45) is 0 Å². The van der Waals surface area contributed by atoms with Gasteiger partial charge < -0.3 is 15.0 Å². The lowest BCUT2D eigenvalue weighted by Gasteiger charge is -2.31. The number of amides is 2. The zero-order valence-electron chi connectivity index (χ0n) is 17.6. The van der Waals surface area contributed by atoms with Crippen molar-refractivity contribution in [3.63, 3.8) is 0 Å². The third-order valence-corrected chi connectivity index (χ3v) is 6.00. The SMILES string of the molecule is CCOC(=O)N1CCC(NC(=O)c2nn(-c3ccccc3)c3c2CCCCC3)CC1. The highest BCUT2D eigenvalue weighted by Gasteiger charge is 2.28. The second-order valence-electron chi connectivity index (χ2n) is 8.02. The van der Waals surface area contributed by atoms with E-state index < -0.39 is 0 Å². The number of hydrogen-bond acceptors (Lipinski definition) is 4. The van der Waals surface area contributed by atoms with Crippen molar-refractivity contribution in [2.75, 3.05) is 19.7 Å². The number of fused-ring (bicyclic) bond motifs is 1. The minimum Gasteiger partial charge on any atom is -0.450 e. The summed E-state index contributed by atoms with van der Waals surface area (Å²) < 4.78 is 7.03. The Labute approximate surface area is 177 Å². The molecule has 0 unspecified atom stereocenters. The van der Waals surface area contributed by atoms with E-state index in [2.05, 4.69) is 5.32 Å². The van der Waals surface area contributed by atoms with Crippen LogP contribution in [0.1, 0.15) is 60.8 Å². The fraction of sp³-hybridized carbons (Fsp3) is 0.522. The van der Waals surface area contributed by atoms with Crippen molar-refractivity contribution >= 4 is 12.0 Å². The lowest BCUT2D eigenvalue weighted by atomic mass is 10.0. The Balaban J connectivity index is 1.49. The van der Waals surface area contributed by atoms with Crippen LogP contribution in [-0.4, -0.2) is 52.4 Å². The number of benzene rings is 1. The normalized spacial score (nSPS) is 17.2. The first kappa shape index (κ1) is 20.4. The molecule has 1 aromatic heterocycles. The maximum Gasteiger partial charge on any atom is 0.409 e. The summed E-state index contributed by atoms with van der Waals surface area (Å²) in [7, 11) is 0.